The molecule has 0 saturated heterocycles. The average molecular weight is 2140 g/mol. The zero-order chi connectivity index (χ0) is 93.7. The van der Waals surface area contributed by atoms with E-state index < -0.39 is 45.6 Å². The van der Waals surface area contributed by atoms with Crippen molar-refractivity contribution in [1.82, 2.24) is 0 Å². The Kier molecular flexibility index (Phi) is 43.8. The van der Waals surface area contributed by atoms with Crippen LogP contribution in [0.3, 0.4) is 0 Å². The Labute approximate surface area is 830 Å². The summed E-state index contributed by atoms with van der Waals surface area (Å²) in [7, 11) is -23.9. The molecule has 0 aliphatic heterocycles. The molecule has 12 heterocycles. The summed E-state index contributed by atoms with van der Waals surface area (Å²) in [6.45, 7) is 27.9. The van der Waals surface area contributed by atoms with Crippen molar-refractivity contribution in [3.63, 3.8) is 0 Å². The second kappa shape index (κ2) is 53.4. The first-order valence-electron chi connectivity index (χ1n) is 46.8. The minimum Gasteiger partial charge on any atom is -0.305 e. The molecule has 0 N–H and O–H groups in total. The second-order valence-corrected chi connectivity index (χ2v) is 56.3. The molecule has 0 bridgehead atoms. The summed E-state index contributed by atoms with van der Waals surface area (Å²) < 4.78 is 173. The molecule has 36 heteroatoms. The number of hydrogen-bond acceptors (Lipinski definition) is 30. The molecule has 0 spiro atoms. The standard InChI is InChI=1S/C96H128O18P6S12/c1-13-25-49-103-115(97,104-50-26-14-2)69-63-85(127-91(69)79-39-37-61-121-79)87-65-71(117(99,107-53-29-17-5)108-54-30-18-6)93(129-87)81-45-41-75(123-81)77-43-47-83(125-77)95-73(119(101,111-57-33-21-9)112-58-34-22-10)67-89(131-95)90-68-74(120(102,113-59-35-23-11)114-60-36-24-12)96(132-90)84-48-44-78(126-84)76-42-46-82(124-76)94-72(118(100,109-55-31-19-7)110-56-32-20-8)66-88(130-94)86-64-70(92(128-86)80-40-38-62-122-80)116(98,105-51-27-15-3)106-52-28-16-4/h37-48,61-68H,13-36,49-60H2,1-12H3. The van der Waals surface area contributed by atoms with Crippen LogP contribution in [0.4, 0.5) is 0 Å². The lowest BCUT2D eigenvalue weighted by Gasteiger charge is -2.19. The maximum absolute atomic E-state index is 16.2. The average Bonchev–Trinajstić information content (AvgIpc) is 1.59. The molecule has 12 aromatic heterocycles. The van der Waals surface area contributed by atoms with Crippen molar-refractivity contribution in [3.8, 4) is 107 Å². The minimum atomic E-state index is -4.09. The summed E-state index contributed by atoms with van der Waals surface area (Å²) in [4.78, 5) is 18.4. The van der Waals surface area contributed by atoms with Crippen molar-refractivity contribution in [2.75, 3.05) is 79.3 Å². The van der Waals surface area contributed by atoms with E-state index in [0.29, 0.717) is 83.2 Å². The molecule has 0 saturated carbocycles. The van der Waals surface area contributed by atoms with Gasteiger partial charge in [-0.25, -0.2) is 0 Å². The molecule has 0 radical (unpaired) electrons. The van der Waals surface area contributed by atoms with Gasteiger partial charge in [-0.1, -0.05) is 172 Å². The summed E-state index contributed by atoms with van der Waals surface area (Å²) in [6, 6.07) is 36.5. The molecule has 0 aliphatic carbocycles. The third-order valence-electron chi connectivity index (χ3n) is 21.2. The fourth-order valence-corrected chi connectivity index (χ4v) is 40.8. The minimum absolute atomic E-state index is 0.212. The van der Waals surface area contributed by atoms with Crippen LogP contribution in [-0.4, -0.2) is 79.3 Å². The Hall–Kier alpha value is -2.70. The van der Waals surface area contributed by atoms with E-state index in [1.54, 1.807) is 68.0 Å². The monoisotopic (exact) mass is 2140 g/mol. The fourth-order valence-electron chi connectivity index (χ4n) is 13.5. The van der Waals surface area contributed by atoms with E-state index in [0.717, 1.165) is 210 Å². The van der Waals surface area contributed by atoms with Gasteiger partial charge in [-0.3, -0.25) is 27.4 Å². The van der Waals surface area contributed by atoms with Crippen LogP contribution in [0.5, 0.6) is 0 Å². The maximum Gasteiger partial charge on any atom is 0.362 e. The normalized spacial score (nSPS) is 12.7. The first-order valence-corrected chi connectivity index (χ1v) is 66.0. The molecule has 722 valence electrons. The van der Waals surface area contributed by atoms with Crippen LogP contribution in [-0.2, 0) is 81.7 Å². The predicted molar refractivity (Wildman–Crippen MR) is 575 cm³/mol. The van der Waals surface area contributed by atoms with Crippen LogP contribution < -0.4 is 31.8 Å². The number of thiophene rings is 12. The second-order valence-electron chi connectivity index (χ2n) is 31.8. The number of hydrogen-bond donors (Lipinski definition) is 0. The topological polar surface area (TPSA) is 213 Å². The molecule has 0 atom stereocenters. The van der Waals surface area contributed by atoms with Crippen molar-refractivity contribution >= 4 is 213 Å². The van der Waals surface area contributed by atoms with Gasteiger partial charge in [0.1, 0.15) is 0 Å². The van der Waals surface area contributed by atoms with Crippen LogP contribution in [0.25, 0.3) is 107 Å². The van der Waals surface area contributed by atoms with Gasteiger partial charge in [0.15, 0.2) is 0 Å². The van der Waals surface area contributed by atoms with Crippen molar-refractivity contribution < 1.29 is 81.7 Å². The van der Waals surface area contributed by atoms with Gasteiger partial charge in [0, 0.05) is 78.0 Å². The van der Waals surface area contributed by atoms with Crippen LogP contribution >= 0.6 is 182 Å². The highest BCUT2D eigenvalue weighted by Gasteiger charge is 2.43. The Bertz CT molecular complexity index is 5400. The van der Waals surface area contributed by atoms with Crippen molar-refractivity contribution in [1.29, 1.82) is 0 Å². The van der Waals surface area contributed by atoms with Crippen molar-refractivity contribution in [3.05, 3.63) is 120 Å². The largest absolute Gasteiger partial charge is 0.362 e. The third kappa shape index (κ3) is 27.6. The van der Waals surface area contributed by atoms with Gasteiger partial charge in [-0.15, -0.1) is 136 Å². The predicted octanol–water partition coefficient (Wildman–Crippen LogP) is 35.5. The molecule has 12 aromatic rings. The molecular weight excluding hydrogens is 2010 g/mol. The van der Waals surface area contributed by atoms with Crippen molar-refractivity contribution in [2.24, 2.45) is 0 Å². The van der Waals surface area contributed by atoms with E-state index in [4.69, 9.17) is 54.3 Å². The van der Waals surface area contributed by atoms with Crippen LogP contribution in [0.1, 0.15) is 237 Å². The van der Waals surface area contributed by atoms with Gasteiger partial charge in [-0.2, -0.15) is 0 Å². The summed E-state index contributed by atoms with van der Waals surface area (Å²) in [5, 5.41) is 6.91. The summed E-state index contributed by atoms with van der Waals surface area (Å²) in [5.74, 6) is 0. The van der Waals surface area contributed by atoms with E-state index in [-0.39, 0.29) is 79.3 Å². The highest BCUT2D eigenvalue weighted by atomic mass is 32.1. The molecule has 0 amide bonds. The Morgan fingerprint density at radius 2 is 0.326 bits per heavy atom. The Balaban J connectivity index is 0.968. The molecule has 0 aromatic carbocycles. The lowest BCUT2D eigenvalue weighted by atomic mass is 10.3. The molecule has 0 fully saturated rings. The third-order valence-corrected chi connectivity index (χ3v) is 49.0. The molecule has 0 unspecified atom stereocenters. The highest BCUT2D eigenvalue weighted by Crippen LogP contribution is 2.63. The summed E-state index contributed by atoms with van der Waals surface area (Å²) in [6.07, 6.45) is 18.3. The quantitative estimate of drug-likeness (QED) is 0.0256. The molecule has 0 aliphatic rings. The summed E-state index contributed by atoms with van der Waals surface area (Å²) >= 11 is 18.5. The van der Waals surface area contributed by atoms with Crippen LogP contribution in [0, 0.1) is 0 Å². The van der Waals surface area contributed by atoms with E-state index in [9.17, 15) is 0 Å². The van der Waals surface area contributed by atoms with Gasteiger partial charge in [-0.05, 0) is 185 Å². The Morgan fingerprint density at radius 3 is 0.462 bits per heavy atom. The zero-order valence-electron chi connectivity index (χ0n) is 77.9. The van der Waals surface area contributed by atoms with Crippen LogP contribution in [0.15, 0.2) is 120 Å². The van der Waals surface area contributed by atoms with Gasteiger partial charge in [0.05, 0.1) is 140 Å². The van der Waals surface area contributed by atoms with Gasteiger partial charge < -0.3 is 54.3 Å². The number of unbranched alkanes of at least 4 members (excludes halogenated alkanes) is 12. The Morgan fingerprint density at radius 1 is 0.182 bits per heavy atom. The molecular formula is C96H128O18P6S12. The van der Waals surface area contributed by atoms with Crippen LogP contribution in [0.2, 0.25) is 0 Å². The van der Waals surface area contributed by atoms with E-state index >= 15 is 27.4 Å². The van der Waals surface area contributed by atoms with Gasteiger partial charge in [0.25, 0.3) is 0 Å². The smallest absolute Gasteiger partial charge is 0.305 e. The molecule has 12 rings (SSSR count). The molecule has 132 heavy (non-hydrogen) atoms. The van der Waals surface area contributed by atoms with Gasteiger partial charge >= 0.3 is 45.6 Å². The lowest BCUT2D eigenvalue weighted by Crippen LogP contribution is -2.12. The molecule has 18 nitrogen and oxygen atoms in total. The summed E-state index contributed by atoms with van der Waals surface area (Å²) in [5.41, 5.74) is 0. The van der Waals surface area contributed by atoms with E-state index in [1.165, 1.54) is 68.0 Å². The SMILES string of the molecule is CCCCOP(=O)(OCCCC)c1cc(-c2cc(P(=O)(OCCCC)OCCCC)c(-c3ccc(-c4ccc(-c5sc(-c6cc(P(=O)(OCCCC)OCCCC)c(-c7ccc(-c8ccc(-c9sc(-c%10cc(P(=O)(OCCCC)OCCCC)c(-c%11cccs%11)s%10)cc9P(=O)(OCCCC)OCCCC)s8)s7)s6)cc5P(=O)(OCCCC)OCCCC)s4)s3)s2)sc1-c1cccs1. The first-order chi connectivity index (χ1) is 64.1. The first kappa shape index (κ1) is 108. The lowest BCUT2D eigenvalue weighted by molar-refractivity contribution is 0.208. The maximum atomic E-state index is 16.2. The van der Waals surface area contributed by atoms with E-state index in [1.807, 2.05) is 71.4 Å². The van der Waals surface area contributed by atoms with Gasteiger partial charge in [0.2, 0.25) is 0 Å². The van der Waals surface area contributed by atoms with Crippen molar-refractivity contribution in [2.45, 2.75) is 237 Å². The number of rotatable bonds is 65. The van der Waals surface area contributed by atoms with E-state index in [2.05, 4.69) is 132 Å². The zero-order valence-corrected chi connectivity index (χ0v) is 93.1. The highest BCUT2D eigenvalue weighted by molar-refractivity contribution is 7.66. The fraction of sp³-hybridized carbons (Fsp3) is 0.500.